The molecule has 3 rings (SSSR count). The molecule has 0 unspecified atom stereocenters. The van der Waals surface area contributed by atoms with Crippen LogP contribution in [0.1, 0.15) is 87.1 Å². The lowest BCUT2D eigenvalue weighted by Gasteiger charge is -2.28. The van der Waals surface area contributed by atoms with Crippen LogP contribution in [0.3, 0.4) is 0 Å². The average Bonchev–Trinajstić information content (AvgIpc) is 2.80. The molecular formula is C30H40. The van der Waals surface area contributed by atoms with Crippen LogP contribution in [0.4, 0.5) is 0 Å². The minimum Gasteiger partial charge on any atom is -0.0649 e. The van der Waals surface area contributed by atoms with E-state index in [9.17, 15) is 0 Å². The van der Waals surface area contributed by atoms with Gasteiger partial charge in [0.15, 0.2) is 0 Å². The van der Waals surface area contributed by atoms with Crippen molar-refractivity contribution in [3.63, 3.8) is 0 Å². The van der Waals surface area contributed by atoms with Crippen molar-refractivity contribution < 1.29 is 0 Å². The van der Waals surface area contributed by atoms with Gasteiger partial charge in [0.2, 0.25) is 0 Å². The van der Waals surface area contributed by atoms with Gasteiger partial charge in [-0.15, -0.1) is 0 Å². The van der Waals surface area contributed by atoms with Gasteiger partial charge >= 0.3 is 0 Å². The van der Waals surface area contributed by atoms with Crippen molar-refractivity contribution in [1.82, 2.24) is 0 Å². The molecule has 160 valence electrons. The van der Waals surface area contributed by atoms with Crippen LogP contribution in [0.15, 0.2) is 78.9 Å². The van der Waals surface area contributed by atoms with E-state index in [1.165, 1.54) is 53.5 Å². The van der Waals surface area contributed by atoms with E-state index in [1.807, 2.05) is 0 Å². The van der Waals surface area contributed by atoms with Gasteiger partial charge < -0.3 is 0 Å². The predicted molar refractivity (Wildman–Crippen MR) is 133 cm³/mol. The van der Waals surface area contributed by atoms with E-state index in [2.05, 4.69) is 120 Å². The maximum atomic E-state index is 2.30. The fraction of sp³-hybridized carbons (Fsp3) is 0.400. The second kappa shape index (κ2) is 11.7. The largest absolute Gasteiger partial charge is 0.0649 e. The van der Waals surface area contributed by atoms with Gasteiger partial charge in [0.25, 0.3) is 0 Å². The molecule has 0 aliphatic rings. The summed E-state index contributed by atoms with van der Waals surface area (Å²) in [5.74, 6) is 0.299. The standard InChI is InChI=1S/C21H20.C9H20/c1-16-8-12-19(13-9-16)21(18-6-4-3-5-7-18)20-14-10-17(2)11-15-20;1-5-9(6-2,7-3)8-4/h3-15,21H,1-2H3;5-8H2,1-4H3. The molecule has 0 heterocycles. The summed E-state index contributed by atoms with van der Waals surface area (Å²) in [5.41, 5.74) is 7.29. The Balaban J connectivity index is 0.000000303. The molecule has 0 heteroatoms. The molecule has 0 aliphatic carbocycles. The number of rotatable bonds is 7. The fourth-order valence-corrected chi connectivity index (χ4v) is 4.24. The molecular weight excluding hydrogens is 360 g/mol. The summed E-state index contributed by atoms with van der Waals surface area (Å²) < 4.78 is 0. The maximum absolute atomic E-state index is 2.30. The quantitative estimate of drug-likeness (QED) is 0.347. The van der Waals surface area contributed by atoms with Crippen LogP contribution in [0.5, 0.6) is 0 Å². The van der Waals surface area contributed by atoms with E-state index < -0.39 is 0 Å². The highest BCUT2D eigenvalue weighted by molar-refractivity contribution is 5.44. The van der Waals surface area contributed by atoms with Crippen molar-refractivity contribution in [1.29, 1.82) is 0 Å². The van der Waals surface area contributed by atoms with Crippen LogP contribution in [0.2, 0.25) is 0 Å². The molecule has 3 aromatic carbocycles. The van der Waals surface area contributed by atoms with E-state index >= 15 is 0 Å². The Kier molecular flexibility index (Phi) is 9.37. The van der Waals surface area contributed by atoms with Gasteiger partial charge in [-0.3, -0.25) is 0 Å². The topological polar surface area (TPSA) is 0 Å². The molecule has 0 aliphatic heterocycles. The number of aryl methyl sites for hydroxylation is 2. The number of hydrogen-bond acceptors (Lipinski definition) is 0. The summed E-state index contributed by atoms with van der Waals surface area (Å²) in [7, 11) is 0. The zero-order chi connectivity index (χ0) is 22.0. The molecule has 0 spiro atoms. The number of benzene rings is 3. The first-order valence-electron chi connectivity index (χ1n) is 11.7. The normalized spacial score (nSPS) is 11.2. The lowest BCUT2D eigenvalue weighted by atomic mass is 9.78. The third-order valence-corrected chi connectivity index (χ3v) is 6.95. The minimum atomic E-state index is 0.299. The van der Waals surface area contributed by atoms with Crippen LogP contribution in [0, 0.1) is 19.3 Å². The maximum Gasteiger partial charge on any atom is 0.0339 e. The van der Waals surface area contributed by atoms with Gasteiger partial charge in [-0.25, -0.2) is 0 Å². The van der Waals surface area contributed by atoms with Gasteiger partial charge in [-0.1, -0.05) is 143 Å². The van der Waals surface area contributed by atoms with Crippen molar-refractivity contribution in [2.75, 3.05) is 0 Å². The Labute approximate surface area is 185 Å². The summed E-state index contributed by atoms with van der Waals surface area (Å²) in [6.45, 7) is 13.5. The van der Waals surface area contributed by atoms with Gasteiger partial charge in [0, 0.05) is 5.92 Å². The van der Waals surface area contributed by atoms with Crippen LogP contribution in [-0.2, 0) is 0 Å². The molecule has 0 fully saturated rings. The van der Waals surface area contributed by atoms with Crippen molar-refractivity contribution in [3.05, 3.63) is 107 Å². The van der Waals surface area contributed by atoms with E-state index in [0.29, 0.717) is 11.3 Å². The summed E-state index contributed by atoms with van der Waals surface area (Å²) in [4.78, 5) is 0. The summed E-state index contributed by atoms with van der Waals surface area (Å²) >= 11 is 0. The minimum absolute atomic E-state index is 0.299. The Hall–Kier alpha value is -2.34. The SMILES string of the molecule is CCC(CC)(CC)CC.Cc1ccc(C(c2ccccc2)c2ccc(C)cc2)cc1. The first kappa shape index (κ1) is 23.9. The second-order valence-electron chi connectivity index (χ2n) is 8.58. The molecule has 0 bridgehead atoms. The van der Waals surface area contributed by atoms with Gasteiger partial charge in [0.1, 0.15) is 0 Å². The zero-order valence-corrected chi connectivity index (χ0v) is 19.9. The summed E-state index contributed by atoms with van der Waals surface area (Å²) in [6, 6.07) is 28.5. The van der Waals surface area contributed by atoms with E-state index in [1.54, 1.807) is 0 Å². The monoisotopic (exact) mass is 400 g/mol. The van der Waals surface area contributed by atoms with Crippen molar-refractivity contribution in [3.8, 4) is 0 Å². The highest BCUT2D eigenvalue weighted by atomic mass is 14.3. The zero-order valence-electron chi connectivity index (χ0n) is 19.9. The Morgan fingerprint density at radius 2 is 0.833 bits per heavy atom. The second-order valence-corrected chi connectivity index (χ2v) is 8.58. The highest BCUT2D eigenvalue weighted by Crippen LogP contribution is 2.33. The Bertz CT molecular complexity index is 774. The van der Waals surface area contributed by atoms with E-state index in [4.69, 9.17) is 0 Å². The molecule has 0 saturated heterocycles. The number of hydrogen-bond donors (Lipinski definition) is 0. The van der Waals surface area contributed by atoms with Gasteiger partial charge in [-0.05, 0) is 36.0 Å². The van der Waals surface area contributed by atoms with E-state index in [0.717, 1.165) is 0 Å². The highest BCUT2D eigenvalue weighted by Gasteiger charge is 2.20. The third kappa shape index (κ3) is 6.33. The third-order valence-electron chi connectivity index (χ3n) is 6.95. The van der Waals surface area contributed by atoms with Crippen LogP contribution in [0.25, 0.3) is 0 Å². The predicted octanol–water partition coefficient (Wildman–Crippen LogP) is 9.10. The lowest BCUT2D eigenvalue weighted by Crippen LogP contribution is -2.15. The van der Waals surface area contributed by atoms with Gasteiger partial charge in [-0.2, -0.15) is 0 Å². The van der Waals surface area contributed by atoms with E-state index in [-0.39, 0.29) is 0 Å². The first-order chi connectivity index (χ1) is 14.5. The van der Waals surface area contributed by atoms with Crippen molar-refractivity contribution >= 4 is 0 Å². The summed E-state index contributed by atoms with van der Waals surface area (Å²) in [6.07, 6.45) is 5.38. The molecule has 0 nitrogen and oxygen atoms in total. The molecule has 0 saturated carbocycles. The van der Waals surface area contributed by atoms with Crippen LogP contribution < -0.4 is 0 Å². The van der Waals surface area contributed by atoms with Crippen LogP contribution in [-0.4, -0.2) is 0 Å². The Morgan fingerprint density at radius 3 is 1.13 bits per heavy atom. The lowest BCUT2D eigenvalue weighted by molar-refractivity contribution is 0.240. The summed E-state index contributed by atoms with van der Waals surface area (Å²) in [5, 5.41) is 0. The van der Waals surface area contributed by atoms with Gasteiger partial charge in [0.05, 0.1) is 0 Å². The van der Waals surface area contributed by atoms with Crippen molar-refractivity contribution in [2.24, 2.45) is 5.41 Å². The molecule has 3 aromatic rings. The molecule has 0 N–H and O–H groups in total. The fourth-order valence-electron chi connectivity index (χ4n) is 4.24. The first-order valence-corrected chi connectivity index (χ1v) is 11.7. The Morgan fingerprint density at radius 1 is 0.500 bits per heavy atom. The van der Waals surface area contributed by atoms with Crippen LogP contribution >= 0.6 is 0 Å². The molecule has 30 heavy (non-hydrogen) atoms. The smallest absolute Gasteiger partial charge is 0.0339 e. The average molecular weight is 401 g/mol. The van der Waals surface area contributed by atoms with Crippen molar-refractivity contribution in [2.45, 2.75) is 73.1 Å². The molecule has 0 aromatic heterocycles. The molecule has 0 atom stereocenters. The molecule has 0 radical (unpaired) electrons. The molecule has 0 amide bonds.